The topological polar surface area (TPSA) is 20.3 Å². The number of carbonyl (C=O) groups is 1. The number of halogens is 1. The summed E-state index contributed by atoms with van der Waals surface area (Å²) >= 11 is 6.10. The first kappa shape index (κ1) is 14.4. The summed E-state index contributed by atoms with van der Waals surface area (Å²) in [6.07, 6.45) is 4.67. The lowest BCUT2D eigenvalue weighted by Crippen LogP contribution is -2.39. The van der Waals surface area contributed by atoms with Crippen molar-refractivity contribution in [3.8, 4) is 0 Å². The highest BCUT2D eigenvalue weighted by molar-refractivity contribution is 6.31. The fourth-order valence-corrected chi connectivity index (χ4v) is 2.91. The van der Waals surface area contributed by atoms with E-state index >= 15 is 0 Å². The van der Waals surface area contributed by atoms with Gasteiger partial charge in [-0.3, -0.25) is 4.79 Å². The van der Waals surface area contributed by atoms with Crippen LogP contribution < -0.4 is 0 Å². The molecule has 1 fully saturated rings. The van der Waals surface area contributed by atoms with E-state index in [4.69, 9.17) is 11.6 Å². The molecule has 1 aliphatic carbocycles. The van der Waals surface area contributed by atoms with Gasteiger partial charge in [0.2, 0.25) is 0 Å². The van der Waals surface area contributed by atoms with Gasteiger partial charge in [-0.05, 0) is 56.2 Å². The number of benzene rings is 1. The van der Waals surface area contributed by atoms with Crippen LogP contribution >= 0.6 is 11.6 Å². The largest absolute Gasteiger partial charge is 0.339 e. The molecule has 0 unspecified atom stereocenters. The number of carbonyl (C=O) groups excluding carboxylic acids is 1. The minimum atomic E-state index is 0.0847. The number of nitrogens with zero attached hydrogens (tertiary/aromatic N) is 1. The summed E-state index contributed by atoms with van der Waals surface area (Å²) in [7, 11) is 1.91. The molecular formula is C16H22ClNO. The second-order valence-corrected chi connectivity index (χ2v) is 6.20. The zero-order valence-electron chi connectivity index (χ0n) is 11.9. The Morgan fingerprint density at radius 1 is 1.26 bits per heavy atom. The van der Waals surface area contributed by atoms with Crippen molar-refractivity contribution in [2.75, 3.05) is 7.05 Å². The van der Waals surface area contributed by atoms with E-state index < -0.39 is 0 Å². The van der Waals surface area contributed by atoms with E-state index in [2.05, 4.69) is 6.92 Å². The SMILES string of the molecule is Cc1ccc(C(=O)N(C)[C@H]2CC[C@@H](C)CC2)cc1Cl. The van der Waals surface area contributed by atoms with Crippen LogP contribution in [-0.4, -0.2) is 23.9 Å². The minimum Gasteiger partial charge on any atom is -0.339 e. The van der Waals surface area contributed by atoms with Crippen molar-refractivity contribution in [2.45, 2.75) is 45.6 Å². The summed E-state index contributed by atoms with van der Waals surface area (Å²) in [5.41, 5.74) is 1.70. The molecule has 0 aromatic heterocycles. The molecule has 1 amide bonds. The van der Waals surface area contributed by atoms with Gasteiger partial charge in [0.05, 0.1) is 0 Å². The molecule has 1 aromatic carbocycles. The lowest BCUT2D eigenvalue weighted by molar-refractivity contribution is 0.0679. The maximum absolute atomic E-state index is 12.5. The van der Waals surface area contributed by atoms with E-state index in [1.54, 1.807) is 6.07 Å². The quantitative estimate of drug-likeness (QED) is 0.790. The van der Waals surface area contributed by atoms with E-state index in [0.29, 0.717) is 16.6 Å². The number of hydrogen-bond acceptors (Lipinski definition) is 1. The van der Waals surface area contributed by atoms with Crippen molar-refractivity contribution in [1.29, 1.82) is 0 Å². The Kier molecular flexibility index (Phi) is 4.51. The zero-order chi connectivity index (χ0) is 14.0. The van der Waals surface area contributed by atoms with Crippen molar-refractivity contribution < 1.29 is 4.79 Å². The lowest BCUT2D eigenvalue weighted by atomic mass is 9.86. The summed E-state index contributed by atoms with van der Waals surface area (Å²) in [5.74, 6) is 0.884. The van der Waals surface area contributed by atoms with E-state index in [1.165, 1.54) is 12.8 Å². The van der Waals surface area contributed by atoms with Crippen molar-refractivity contribution >= 4 is 17.5 Å². The Labute approximate surface area is 120 Å². The van der Waals surface area contributed by atoms with Crippen molar-refractivity contribution in [1.82, 2.24) is 4.90 Å². The van der Waals surface area contributed by atoms with Crippen molar-refractivity contribution in [3.05, 3.63) is 34.3 Å². The average molecular weight is 280 g/mol. The Hall–Kier alpha value is -1.02. The van der Waals surface area contributed by atoms with E-state index in [-0.39, 0.29) is 5.91 Å². The molecule has 0 spiro atoms. The molecule has 0 N–H and O–H groups in total. The van der Waals surface area contributed by atoms with Crippen LogP contribution in [-0.2, 0) is 0 Å². The van der Waals surface area contributed by atoms with Crippen LogP contribution in [0.5, 0.6) is 0 Å². The highest BCUT2D eigenvalue weighted by Crippen LogP contribution is 2.27. The number of aryl methyl sites for hydroxylation is 1. The van der Waals surface area contributed by atoms with Gasteiger partial charge >= 0.3 is 0 Å². The molecule has 1 aromatic rings. The fourth-order valence-electron chi connectivity index (χ4n) is 2.73. The normalized spacial score (nSPS) is 23.2. The van der Waals surface area contributed by atoms with Gasteiger partial charge in [0.15, 0.2) is 0 Å². The molecule has 0 saturated heterocycles. The van der Waals surface area contributed by atoms with Gasteiger partial charge in [-0.15, -0.1) is 0 Å². The number of amides is 1. The smallest absolute Gasteiger partial charge is 0.253 e. The van der Waals surface area contributed by atoms with Gasteiger partial charge < -0.3 is 4.90 Å². The predicted octanol–water partition coefficient (Wildman–Crippen LogP) is 4.30. The first-order chi connectivity index (χ1) is 8.99. The Bertz CT molecular complexity index is 464. The van der Waals surface area contributed by atoms with Crippen LogP contribution in [0.3, 0.4) is 0 Å². The Balaban J connectivity index is 2.08. The summed E-state index contributed by atoms with van der Waals surface area (Å²) < 4.78 is 0. The predicted molar refractivity (Wildman–Crippen MR) is 79.7 cm³/mol. The second-order valence-electron chi connectivity index (χ2n) is 5.79. The molecule has 0 heterocycles. The average Bonchev–Trinajstić information content (AvgIpc) is 2.41. The van der Waals surface area contributed by atoms with Gasteiger partial charge in [-0.2, -0.15) is 0 Å². The molecule has 2 rings (SSSR count). The van der Waals surface area contributed by atoms with Gasteiger partial charge in [0.1, 0.15) is 0 Å². The molecule has 3 heteroatoms. The third-order valence-corrected chi connectivity index (χ3v) is 4.68. The van der Waals surface area contributed by atoms with Gasteiger partial charge in [0, 0.05) is 23.7 Å². The zero-order valence-corrected chi connectivity index (χ0v) is 12.7. The van der Waals surface area contributed by atoms with Gasteiger partial charge in [0.25, 0.3) is 5.91 Å². The first-order valence-corrected chi connectivity index (χ1v) is 7.40. The van der Waals surface area contributed by atoms with Crippen molar-refractivity contribution in [2.24, 2.45) is 5.92 Å². The maximum Gasteiger partial charge on any atom is 0.253 e. The molecule has 104 valence electrons. The van der Waals surface area contributed by atoms with E-state index in [1.807, 2.05) is 31.0 Å². The highest BCUT2D eigenvalue weighted by atomic mass is 35.5. The third kappa shape index (κ3) is 3.30. The molecule has 0 aliphatic heterocycles. The minimum absolute atomic E-state index is 0.0847. The molecule has 0 radical (unpaired) electrons. The van der Waals surface area contributed by atoms with Crippen LogP contribution in [0.1, 0.15) is 48.5 Å². The van der Waals surface area contributed by atoms with Crippen LogP contribution in [0, 0.1) is 12.8 Å². The second kappa shape index (κ2) is 5.96. The van der Waals surface area contributed by atoms with E-state index in [9.17, 15) is 4.79 Å². The lowest BCUT2D eigenvalue weighted by Gasteiger charge is -2.33. The molecule has 2 nitrogen and oxygen atoms in total. The molecule has 0 bridgehead atoms. The number of rotatable bonds is 2. The van der Waals surface area contributed by atoms with E-state index in [0.717, 1.165) is 24.3 Å². The maximum atomic E-state index is 12.5. The Morgan fingerprint density at radius 2 is 1.89 bits per heavy atom. The summed E-state index contributed by atoms with van der Waals surface area (Å²) in [5, 5.41) is 0.663. The summed E-state index contributed by atoms with van der Waals surface area (Å²) in [6, 6.07) is 5.93. The highest BCUT2D eigenvalue weighted by Gasteiger charge is 2.25. The Morgan fingerprint density at radius 3 is 2.47 bits per heavy atom. The van der Waals surface area contributed by atoms with Gasteiger partial charge in [-0.25, -0.2) is 0 Å². The number of hydrogen-bond donors (Lipinski definition) is 0. The van der Waals surface area contributed by atoms with Gasteiger partial charge in [-0.1, -0.05) is 24.6 Å². The monoisotopic (exact) mass is 279 g/mol. The standard InChI is InChI=1S/C16H22ClNO/c1-11-4-8-14(9-5-11)18(3)16(19)13-7-6-12(2)15(17)10-13/h6-7,10-11,14H,4-5,8-9H2,1-3H3/t11-,14+. The van der Waals surface area contributed by atoms with Crippen LogP contribution in [0.15, 0.2) is 18.2 Å². The fraction of sp³-hybridized carbons (Fsp3) is 0.562. The molecule has 1 saturated carbocycles. The molecule has 0 atom stereocenters. The molecule has 1 aliphatic rings. The molecular weight excluding hydrogens is 258 g/mol. The summed E-state index contributed by atoms with van der Waals surface area (Å²) in [4.78, 5) is 14.4. The van der Waals surface area contributed by atoms with Crippen LogP contribution in [0.2, 0.25) is 5.02 Å². The van der Waals surface area contributed by atoms with Crippen LogP contribution in [0.4, 0.5) is 0 Å². The van der Waals surface area contributed by atoms with Crippen LogP contribution in [0.25, 0.3) is 0 Å². The van der Waals surface area contributed by atoms with Crippen molar-refractivity contribution in [3.63, 3.8) is 0 Å². The molecule has 19 heavy (non-hydrogen) atoms. The third-order valence-electron chi connectivity index (χ3n) is 4.27. The first-order valence-electron chi connectivity index (χ1n) is 7.02. The summed E-state index contributed by atoms with van der Waals surface area (Å²) in [6.45, 7) is 4.24.